The van der Waals surface area contributed by atoms with Crippen molar-refractivity contribution >= 4 is 23.4 Å². The largest absolute Gasteiger partial charge is 0.321 e. The van der Waals surface area contributed by atoms with Crippen LogP contribution in [0.4, 0.5) is 0 Å². The molecule has 1 N–H and O–H groups in total. The number of nitrogens with one attached hydrogen (secondary N) is 1. The maximum Gasteiger partial charge on any atom is 0.141 e. The second kappa shape index (κ2) is 6.51. The van der Waals surface area contributed by atoms with Crippen molar-refractivity contribution in [3.63, 3.8) is 0 Å². The van der Waals surface area contributed by atoms with E-state index in [2.05, 4.69) is 64.5 Å². The molecule has 2 aromatic carbocycles. The van der Waals surface area contributed by atoms with Crippen LogP contribution >= 0.6 is 12.4 Å². The maximum absolute atomic E-state index is 4.90. The number of nitrogens with zero attached hydrogens (tertiary/aromatic N) is 2. The summed E-state index contributed by atoms with van der Waals surface area (Å²) >= 11 is 0. The van der Waals surface area contributed by atoms with Gasteiger partial charge in [0.05, 0.1) is 11.0 Å². The lowest BCUT2D eigenvalue weighted by atomic mass is 10.1. The van der Waals surface area contributed by atoms with Gasteiger partial charge < -0.3 is 9.88 Å². The second-order valence-electron chi connectivity index (χ2n) is 5.64. The highest BCUT2D eigenvalue weighted by Crippen LogP contribution is 2.31. The molecule has 1 aliphatic rings. The van der Waals surface area contributed by atoms with Crippen LogP contribution in [0, 0.1) is 0 Å². The summed E-state index contributed by atoms with van der Waals surface area (Å²) in [5, 5.41) is 3.45. The molecule has 2 heterocycles. The number of halogens is 1. The summed E-state index contributed by atoms with van der Waals surface area (Å²) in [7, 11) is 0. The van der Waals surface area contributed by atoms with Gasteiger partial charge in [-0.15, -0.1) is 12.4 Å². The summed E-state index contributed by atoms with van der Waals surface area (Å²) in [4.78, 5) is 4.90. The first-order valence-corrected chi connectivity index (χ1v) is 7.66. The number of piperidine rings is 1. The number of aromatic nitrogens is 2. The lowest BCUT2D eigenvalue weighted by Crippen LogP contribution is -2.29. The quantitative estimate of drug-likeness (QED) is 0.773. The first-order chi connectivity index (χ1) is 10.4. The maximum atomic E-state index is 4.90. The van der Waals surface area contributed by atoms with Crippen molar-refractivity contribution in [1.82, 2.24) is 14.9 Å². The van der Waals surface area contributed by atoms with Crippen molar-refractivity contribution in [2.24, 2.45) is 0 Å². The van der Waals surface area contributed by atoms with Gasteiger partial charge in [0.1, 0.15) is 5.82 Å². The van der Waals surface area contributed by atoms with Gasteiger partial charge in [0.25, 0.3) is 0 Å². The normalized spacial score (nSPS) is 15.6. The van der Waals surface area contributed by atoms with Crippen LogP contribution in [-0.2, 0) is 0 Å². The Bertz CT molecular complexity index is 745. The molecule has 22 heavy (non-hydrogen) atoms. The zero-order valence-corrected chi connectivity index (χ0v) is 13.2. The minimum Gasteiger partial charge on any atom is -0.321 e. The Kier molecular flexibility index (Phi) is 4.46. The minimum absolute atomic E-state index is 0. The molecule has 0 atom stereocenters. The standard InChI is InChI=1S/C18H19N3.ClH/c1-2-6-14(7-3-1)18-20-16-8-4-5-9-17(16)21(18)15-10-12-19-13-11-15;/h1-9,15,19H,10-13H2;1H. The zero-order chi connectivity index (χ0) is 14.1. The molecule has 0 saturated carbocycles. The number of rotatable bonds is 2. The van der Waals surface area contributed by atoms with Crippen LogP contribution in [0.2, 0.25) is 0 Å². The van der Waals surface area contributed by atoms with Crippen molar-refractivity contribution in [2.45, 2.75) is 18.9 Å². The molecular formula is C18H20ClN3. The molecule has 1 aliphatic heterocycles. The topological polar surface area (TPSA) is 29.9 Å². The average Bonchev–Trinajstić information content (AvgIpc) is 2.96. The molecule has 4 rings (SSSR count). The van der Waals surface area contributed by atoms with E-state index in [4.69, 9.17) is 4.98 Å². The Hall–Kier alpha value is -1.84. The van der Waals surface area contributed by atoms with Crippen molar-refractivity contribution in [3.05, 3.63) is 54.6 Å². The van der Waals surface area contributed by atoms with E-state index < -0.39 is 0 Å². The fraction of sp³-hybridized carbons (Fsp3) is 0.278. The SMILES string of the molecule is Cl.c1ccc(-c2nc3ccccc3n2C2CCNCC2)cc1. The van der Waals surface area contributed by atoms with Gasteiger partial charge in [0, 0.05) is 11.6 Å². The lowest BCUT2D eigenvalue weighted by molar-refractivity contribution is 0.377. The van der Waals surface area contributed by atoms with Crippen LogP contribution in [0.3, 0.4) is 0 Å². The van der Waals surface area contributed by atoms with Gasteiger partial charge >= 0.3 is 0 Å². The Morgan fingerprint density at radius 1 is 0.909 bits per heavy atom. The number of para-hydroxylation sites is 2. The van der Waals surface area contributed by atoms with Crippen molar-refractivity contribution in [1.29, 1.82) is 0 Å². The smallest absolute Gasteiger partial charge is 0.141 e. The van der Waals surface area contributed by atoms with E-state index in [9.17, 15) is 0 Å². The molecule has 0 aliphatic carbocycles. The summed E-state index contributed by atoms with van der Waals surface area (Å²) in [6, 6.07) is 19.5. The van der Waals surface area contributed by atoms with E-state index in [-0.39, 0.29) is 12.4 Å². The first-order valence-electron chi connectivity index (χ1n) is 7.66. The molecule has 114 valence electrons. The van der Waals surface area contributed by atoms with Crippen molar-refractivity contribution < 1.29 is 0 Å². The molecule has 0 unspecified atom stereocenters. The highest BCUT2D eigenvalue weighted by molar-refractivity contribution is 5.85. The Labute approximate surface area is 136 Å². The number of hydrogen-bond donors (Lipinski definition) is 1. The van der Waals surface area contributed by atoms with E-state index in [1.54, 1.807) is 0 Å². The van der Waals surface area contributed by atoms with Crippen molar-refractivity contribution in [3.8, 4) is 11.4 Å². The Balaban J connectivity index is 0.00000144. The summed E-state index contributed by atoms with van der Waals surface area (Å²) < 4.78 is 2.45. The third kappa shape index (κ3) is 2.62. The molecule has 0 bridgehead atoms. The van der Waals surface area contributed by atoms with Crippen molar-refractivity contribution in [2.75, 3.05) is 13.1 Å². The fourth-order valence-electron chi connectivity index (χ4n) is 3.27. The van der Waals surface area contributed by atoms with E-state index in [0.717, 1.165) is 24.4 Å². The van der Waals surface area contributed by atoms with Gasteiger partial charge in [-0.25, -0.2) is 4.98 Å². The molecule has 4 heteroatoms. The average molecular weight is 314 g/mol. The molecule has 1 fully saturated rings. The van der Waals surface area contributed by atoms with Crippen LogP contribution in [-0.4, -0.2) is 22.6 Å². The summed E-state index contributed by atoms with van der Waals surface area (Å²) in [6.45, 7) is 2.18. The van der Waals surface area contributed by atoms with E-state index in [0.29, 0.717) is 6.04 Å². The van der Waals surface area contributed by atoms with Crippen LogP contribution in [0.1, 0.15) is 18.9 Å². The van der Waals surface area contributed by atoms with Gasteiger partial charge in [-0.3, -0.25) is 0 Å². The third-order valence-corrected chi connectivity index (χ3v) is 4.30. The van der Waals surface area contributed by atoms with E-state index in [1.165, 1.54) is 23.9 Å². The third-order valence-electron chi connectivity index (χ3n) is 4.30. The van der Waals surface area contributed by atoms with Gasteiger partial charge in [-0.1, -0.05) is 42.5 Å². The van der Waals surface area contributed by atoms with Crippen LogP contribution in [0.25, 0.3) is 22.4 Å². The number of hydrogen-bond acceptors (Lipinski definition) is 2. The van der Waals surface area contributed by atoms with Gasteiger partial charge in [-0.2, -0.15) is 0 Å². The van der Waals surface area contributed by atoms with Crippen LogP contribution < -0.4 is 5.32 Å². The molecule has 3 aromatic rings. The molecule has 0 radical (unpaired) electrons. The molecular weight excluding hydrogens is 294 g/mol. The predicted octanol–water partition coefficient (Wildman–Crippen LogP) is 4.05. The Morgan fingerprint density at radius 3 is 2.36 bits per heavy atom. The molecule has 0 amide bonds. The second-order valence-corrected chi connectivity index (χ2v) is 5.64. The molecule has 3 nitrogen and oxygen atoms in total. The lowest BCUT2D eigenvalue weighted by Gasteiger charge is -2.26. The highest BCUT2D eigenvalue weighted by atomic mass is 35.5. The molecule has 1 aromatic heterocycles. The number of imidazole rings is 1. The van der Waals surface area contributed by atoms with Gasteiger partial charge in [0.15, 0.2) is 0 Å². The van der Waals surface area contributed by atoms with E-state index >= 15 is 0 Å². The summed E-state index contributed by atoms with van der Waals surface area (Å²) in [5.41, 5.74) is 3.55. The van der Waals surface area contributed by atoms with Crippen LogP contribution in [0.5, 0.6) is 0 Å². The van der Waals surface area contributed by atoms with Gasteiger partial charge in [-0.05, 0) is 38.1 Å². The predicted molar refractivity (Wildman–Crippen MR) is 93.6 cm³/mol. The Morgan fingerprint density at radius 2 is 1.59 bits per heavy atom. The summed E-state index contributed by atoms with van der Waals surface area (Å²) in [5.74, 6) is 1.10. The van der Waals surface area contributed by atoms with Crippen LogP contribution in [0.15, 0.2) is 54.6 Å². The number of benzene rings is 2. The highest BCUT2D eigenvalue weighted by Gasteiger charge is 2.21. The monoisotopic (exact) mass is 313 g/mol. The van der Waals surface area contributed by atoms with Gasteiger partial charge in [0.2, 0.25) is 0 Å². The number of fused-ring (bicyclic) bond motifs is 1. The fourth-order valence-corrected chi connectivity index (χ4v) is 3.27. The first kappa shape index (κ1) is 15.1. The minimum atomic E-state index is 0. The summed E-state index contributed by atoms with van der Waals surface area (Å²) in [6.07, 6.45) is 2.33. The zero-order valence-electron chi connectivity index (χ0n) is 12.4. The van der Waals surface area contributed by atoms with E-state index in [1.807, 2.05) is 0 Å². The molecule has 1 saturated heterocycles. The molecule has 0 spiro atoms.